The van der Waals surface area contributed by atoms with Gasteiger partial charge in [0.05, 0.1) is 11.7 Å². The molecule has 2 heteroatoms. The van der Waals surface area contributed by atoms with E-state index in [9.17, 15) is 0 Å². The van der Waals surface area contributed by atoms with E-state index in [2.05, 4.69) is 30.2 Å². The molecule has 1 unspecified atom stereocenters. The van der Waals surface area contributed by atoms with Gasteiger partial charge in [-0.15, -0.1) is 0 Å². The Labute approximate surface area is 92.1 Å². The van der Waals surface area contributed by atoms with Crippen molar-refractivity contribution in [3.05, 3.63) is 29.6 Å². The van der Waals surface area contributed by atoms with Gasteiger partial charge in [0, 0.05) is 6.20 Å². The van der Waals surface area contributed by atoms with Gasteiger partial charge in [-0.1, -0.05) is 19.9 Å². The lowest BCUT2D eigenvalue weighted by atomic mass is 10.0. The third-order valence-electron chi connectivity index (χ3n) is 3.12. The molecule has 1 aromatic heterocycles. The summed E-state index contributed by atoms with van der Waals surface area (Å²) in [6.45, 7) is 5.40. The number of nitrogens with one attached hydrogen (secondary N) is 1. The van der Waals surface area contributed by atoms with Crippen LogP contribution in [0.1, 0.15) is 44.0 Å². The number of nitrogens with zero attached hydrogens (tertiary/aromatic N) is 1. The number of rotatable bonds is 5. The first-order valence-electron chi connectivity index (χ1n) is 6.04. The van der Waals surface area contributed by atoms with E-state index in [1.54, 1.807) is 0 Å². The molecular weight excluding hydrogens is 184 g/mol. The Morgan fingerprint density at radius 1 is 1.47 bits per heavy atom. The molecule has 1 atom stereocenters. The number of aryl methyl sites for hydroxylation is 1. The fraction of sp³-hybridized carbons (Fsp3) is 0.615. The second-order valence-corrected chi connectivity index (χ2v) is 4.27. The molecule has 1 aliphatic carbocycles. The lowest BCUT2D eigenvalue weighted by molar-refractivity contribution is 0.481. The molecule has 0 saturated heterocycles. The Morgan fingerprint density at radius 2 is 2.27 bits per heavy atom. The minimum atomic E-state index is 0.492. The van der Waals surface area contributed by atoms with E-state index in [1.165, 1.54) is 24.1 Å². The highest BCUT2D eigenvalue weighted by Gasteiger charge is 2.33. The number of pyridine rings is 1. The Bertz CT molecular complexity index is 318. The zero-order valence-corrected chi connectivity index (χ0v) is 9.66. The maximum atomic E-state index is 4.57. The van der Waals surface area contributed by atoms with Crippen LogP contribution in [0.15, 0.2) is 18.3 Å². The third-order valence-corrected chi connectivity index (χ3v) is 3.12. The van der Waals surface area contributed by atoms with Crippen LogP contribution < -0.4 is 5.32 Å². The summed E-state index contributed by atoms with van der Waals surface area (Å²) >= 11 is 0. The third kappa shape index (κ3) is 2.37. The molecule has 1 N–H and O–H groups in total. The molecule has 1 aromatic rings. The molecule has 0 bridgehead atoms. The Balaban J connectivity index is 2.23. The zero-order valence-electron chi connectivity index (χ0n) is 9.66. The van der Waals surface area contributed by atoms with Crippen molar-refractivity contribution in [2.45, 2.75) is 39.2 Å². The van der Waals surface area contributed by atoms with E-state index in [1.807, 2.05) is 12.3 Å². The van der Waals surface area contributed by atoms with Crippen molar-refractivity contribution in [1.29, 1.82) is 0 Å². The first-order chi connectivity index (χ1) is 7.36. The Hall–Kier alpha value is -0.890. The van der Waals surface area contributed by atoms with Gasteiger partial charge in [0.2, 0.25) is 0 Å². The van der Waals surface area contributed by atoms with Crippen LogP contribution in [0.2, 0.25) is 0 Å². The van der Waals surface area contributed by atoms with Crippen LogP contribution >= 0.6 is 0 Å². The van der Waals surface area contributed by atoms with Gasteiger partial charge in [0.15, 0.2) is 0 Å². The summed E-state index contributed by atoms with van der Waals surface area (Å²) in [5.74, 6) is 0.824. The molecule has 82 valence electrons. The fourth-order valence-corrected chi connectivity index (χ4v) is 2.17. The molecule has 1 heterocycles. The highest BCUT2D eigenvalue weighted by Crippen LogP contribution is 2.41. The van der Waals surface area contributed by atoms with Crippen LogP contribution in [0.4, 0.5) is 0 Å². The fourth-order valence-electron chi connectivity index (χ4n) is 2.17. The number of hydrogen-bond donors (Lipinski definition) is 1. The molecule has 2 nitrogen and oxygen atoms in total. The summed E-state index contributed by atoms with van der Waals surface area (Å²) in [7, 11) is 0. The minimum absolute atomic E-state index is 0.492. The lowest BCUT2D eigenvalue weighted by Gasteiger charge is -2.19. The van der Waals surface area contributed by atoms with E-state index in [4.69, 9.17) is 0 Å². The van der Waals surface area contributed by atoms with Crippen molar-refractivity contribution in [2.24, 2.45) is 5.92 Å². The molecule has 0 spiro atoms. The van der Waals surface area contributed by atoms with Crippen molar-refractivity contribution in [1.82, 2.24) is 10.3 Å². The predicted octanol–water partition coefficient (Wildman–Crippen LogP) is 2.70. The van der Waals surface area contributed by atoms with Gasteiger partial charge in [0.25, 0.3) is 0 Å². The topological polar surface area (TPSA) is 24.9 Å². The molecule has 0 amide bonds. The van der Waals surface area contributed by atoms with Gasteiger partial charge in [-0.2, -0.15) is 0 Å². The molecule has 15 heavy (non-hydrogen) atoms. The average Bonchev–Trinajstić information content (AvgIpc) is 3.10. The monoisotopic (exact) mass is 204 g/mol. The molecule has 1 saturated carbocycles. The molecule has 1 fully saturated rings. The maximum Gasteiger partial charge on any atom is 0.0607 e. The summed E-state index contributed by atoms with van der Waals surface area (Å²) in [6, 6.07) is 4.74. The largest absolute Gasteiger partial charge is 0.309 e. The van der Waals surface area contributed by atoms with E-state index in [0.717, 1.165) is 18.9 Å². The van der Waals surface area contributed by atoms with Crippen LogP contribution in [-0.2, 0) is 6.42 Å². The van der Waals surface area contributed by atoms with Gasteiger partial charge in [-0.3, -0.25) is 4.98 Å². The summed E-state index contributed by atoms with van der Waals surface area (Å²) in [5.41, 5.74) is 2.68. The van der Waals surface area contributed by atoms with Gasteiger partial charge in [-0.25, -0.2) is 0 Å². The van der Waals surface area contributed by atoms with Crippen LogP contribution in [0.3, 0.4) is 0 Å². The number of hydrogen-bond acceptors (Lipinski definition) is 2. The molecular formula is C13H20N2. The van der Waals surface area contributed by atoms with E-state index in [0.29, 0.717) is 6.04 Å². The van der Waals surface area contributed by atoms with Gasteiger partial charge in [0.1, 0.15) is 0 Å². The van der Waals surface area contributed by atoms with Crippen molar-refractivity contribution in [3.63, 3.8) is 0 Å². The molecule has 0 aromatic carbocycles. The summed E-state index contributed by atoms with van der Waals surface area (Å²) in [4.78, 5) is 4.57. The average molecular weight is 204 g/mol. The first kappa shape index (κ1) is 10.6. The SMILES string of the molecule is CCNC(c1ncccc1CC)C1CC1. The molecule has 1 aliphatic rings. The minimum Gasteiger partial charge on any atom is -0.309 e. The standard InChI is InChI=1S/C13H20N2/c1-3-10-6-5-9-15-12(10)13(14-4-2)11-7-8-11/h5-6,9,11,13-14H,3-4,7-8H2,1-2H3. The van der Waals surface area contributed by atoms with Gasteiger partial charge in [-0.05, 0) is 43.4 Å². The summed E-state index contributed by atoms with van der Waals surface area (Å²) in [5, 5.41) is 3.57. The highest BCUT2D eigenvalue weighted by molar-refractivity contribution is 5.24. The Kier molecular flexibility index (Phi) is 3.37. The molecule has 0 aliphatic heterocycles. The van der Waals surface area contributed by atoms with E-state index >= 15 is 0 Å². The second-order valence-electron chi connectivity index (χ2n) is 4.27. The molecule has 2 rings (SSSR count). The van der Waals surface area contributed by atoms with Crippen LogP contribution in [0.25, 0.3) is 0 Å². The van der Waals surface area contributed by atoms with Gasteiger partial charge < -0.3 is 5.32 Å². The summed E-state index contributed by atoms with van der Waals surface area (Å²) < 4.78 is 0. The van der Waals surface area contributed by atoms with Crippen molar-refractivity contribution >= 4 is 0 Å². The Morgan fingerprint density at radius 3 is 2.87 bits per heavy atom. The summed E-state index contributed by atoms with van der Waals surface area (Å²) in [6.07, 6.45) is 5.72. The van der Waals surface area contributed by atoms with Crippen molar-refractivity contribution < 1.29 is 0 Å². The highest BCUT2D eigenvalue weighted by atomic mass is 15.0. The normalized spacial score (nSPS) is 17.7. The first-order valence-corrected chi connectivity index (χ1v) is 6.04. The van der Waals surface area contributed by atoms with Crippen LogP contribution in [-0.4, -0.2) is 11.5 Å². The van der Waals surface area contributed by atoms with E-state index in [-0.39, 0.29) is 0 Å². The smallest absolute Gasteiger partial charge is 0.0607 e. The second kappa shape index (κ2) is 4.75. The van der Waals surface area contributed by atoms with E-state index < -0.39 is 0 Å². The number of aromatic nitrogens is 1. The van der Waals surface area contributed by atoms with Crippen LogP contribution in [0.5, 0.6) is 0 Å². The maximum absolute atomic E-state index is 4.57. The molecule has 0 radical (unpaired) electrons. The van der Waals surface area contributed by atoms with Crippen molar-refractivity contribution in [2.75, 3.05) is 6.54 Å². The zero-order chi connectivity index (χ0) is 10.7. The van der Waals surface area contributed by atoms with Gasteiger partial charge >= 0.3 is 0 Å². The lowest BCUT2D eigenvalue weighted by Crippen LogP contribution is -2.24. The van der Waals surface area contributed by atoms with Crippen molar-refractivity contribution in [3.8, 4) is 0 Å². The van der Waals surface area contributed by atoms with Crippen LogP contribution in [0, 0.1) is 5.92 Å². The quantitative estimate of drug-likeness (QED) is 0.797. The predicted molar refractivity (Wildman–Crippen MR) is 62.8 cm³/mol.